The van der Waals surface area contributed by atoms with E-state index < -0.39 is 0 Å². The first-order valence-electron chi connectivity index (χ1n) is 7.76. The van der Waals surface area contributed by atoms with E-state index in [4.69, 9.17) is 11.6 Å². The number of nitrogens with zero attached hydrogens (tertiary/aromatic N) is 2. The van der Waals surface area contributed by atoms with E-state index in [-0.39, 0.29) is 18.1 Å². The molecule has 1 aromatic carbocycles. The smallest absolute Gasteiger partial charge is 0.317 e. The van der Waals surface area contributed by atoms with Crippen LogP contribution in [0.4, 0.5) is 4.79 Å². The van der Waals surface area contributed by atoms with Crippen LogP contribution in [0.3, 0.4) is 0 Å². The maximum absolute atomic E-state index is 12.4. The number of hydrogen-bond acceptors (Lipinski definition) is 2. The molecular formula is C18H20ClN3O. The van der Waals surface area contributed by atoms with E-state index in [9.17, 15) is 4.79 Å². The third-order valence-electron chi connectivity index (χ3n) is 4.39. The van der Waals surface area contributed by atoms with Crippen LogP contribution in [0.1, 0.15) is 36.6 Å². The SMILES string of the molecule is CC(c1ccccn1)N(C)C(=O)NC1CC1c1cccc(Cl)c1. The molecule has 1 aliphatic rings. The molecular weight excluding hydrogens is 310 g/mol. The van der Waals surface area contributed by atoms with Gasteiger partial charge in [0.2, 0.25) is 0 Å². The molecule has 2 aromatic rings. The van der Waals surface area contributed by atoms with E-state index in [1.807, 2.05) is 43.3 Å². The first-order chi connectivity index (χ1) is 11.1. The zero-order valence-corrected chi connectivity index (χ0v) is 14.0. The summed E-state index contributed by atoms with van der Waals surface area (Å²) < 4.78 is 0. The monoisotopic (exact) mass is 329 g/mol. The largest absolute Gasteiger partial charge is 0.335 e. The van der Waals surface area contributed by atoms with Crippen molar-refractivity contribution in [1.82, 2.24) is 15.2 Å². The lowest BCUT2D eigenvalue weighted by atomic mass is 10.1. The molecule has 1 saturated carbocycles. The van der Waals surface area contributed by atoms with Crippen LogP contribution in [-0.2, 0) is 0 Å². The van der Waals surface area contributed by atoms with Gasteiger partial charge in [-0.1, -0.05) is 29.8 Å². The fraction of sp³-hybridized carbons (Fsp3) is 0.333. The number of hydrogen-bond donors (Lipinski definition) is 1. The molecule has 1 fully saturated rings. The molecule has 1 aliphatic carbocycles. The van der Waals surface area contributed by atoms with Gasteiger partial charge in [-0.2, -0.15) is 0 Å². The van der Waals surface area contributed by atoms with Crippen molar-refractivity contribution < 1.29 is 4.79 Å². The number of carbonyl (C=O) groups excluding carboxylic acids is 1. The van der Waals surface area contributed by atoms with Crippen molar-refractivity contribution in [2.24, 2.45) is 0 Å². The summed E-state index contributed by atoms with van der Waals surface area (Å²) in [5.74, 6) is 0.358. The molecule has 0 bridgehead atoms. The van der Waals surface area contributed by atoms with Crippen LogP contribution in [0.5, 0.6) is 0 Å². The minimum atomic E-state index is -0.0716. The molecule has 1 heterocycles. The highest BCUT2D eigenvalue weighted by atomic mass is 35.5. The number of nitrogens with one attached hydrogen (secondary N) is 1. The standard InChI is InChI=1S/C18H20ClN3O/c1-12(16-8-3-4-9-20-16)22(2)18(23)21-17-11-15(17)13-6-5-7-14(19)10-13/h3-10,12,15,17H,11H2,1-2H3,(H,21,23). The van der Waals surface area contributed by atoms with Crippen molar-refractivity contribution in [3.63, 3.8) is 0 Å². The minimum absolute atomic E-state index is 0.0698. The van der Waals surface area contributed by atoms with Gasteiger partial charge in [-0.05, 0) is 43.2 Å². The summed E-state index contributed by atoms with van der Waals surface area (Å²) in [6.45, 7) is 1.98. The molecule has 1 N–H and O–H groups in total. The average Bonchev–Trinajstić information content (AvgIpc) is 3.33. The zero-order chi connectivity index (χ0) is 16.4. The molecule has 23 heavy (non-hydrogen) atoms. The summed E-state index contributed by atoms with van der Waals surface area (Å²) in [4.78, 5) is 18.4. The number of carbonyl (C=O) groups is 1. The fourth-order valence-corrected chi connectivity index (χ4v) is 2.92. The highest BCUT2D eigenvalue weighted by molar-refractivity contribution is 6.30. The van der Waals surface area contributed by atoms with Gasteiger partial charge in [0.05, 0.1) is 11.7 Å². The third kappa shape index (κ3) is 3.64. The minimum Gasteiger partial charge on any atom is -0.335 e. The van der Waals surface area contributed by atoms with Gasteiger partial charge in [0.25, 0.3) is 0 Å². The average molecular weight is 330 g/mol. The van der Waals surface area contributed by atoms with Crippen LogP contribution in [0.15, 0.2) is 48.7 Å². The number of amides is 2. The zero-order valence-electron chi connectivity index (χ0n) is 13.2. The lowest BCUT2D eigenvalue weighted by Gasteiger charge is -2.25. The quantitative estimate of drug-likeness (QED) is 0.921. The van der Waals surface area contributed by atoms with Crippen molar-refractivity contribution in [1.29, 1.82) is 0 Å². The third-order valence-corrected chi connectivity index (χ3v) is 4.63. The fourth-order valence-electron chi connectivity index (χ4n) is 2.72. The molecule has 120 valence electrons. The predicted molar refractivity (Wildman–Crippen MR) is 91.5 cm³/mol. The molecule has 5 heteroatoms. The number of aromatic nitrogens is 1. The van der Waals surface area contributed by atoms with Gasteiger partial charge in [0, 0.05) is 30.2 Å². The van der Waals surface area contributed by atoms with Gasteiger partial charge in [0.15, 0.2) is 0 Å². The number of benzene rings is 1. The Labute approximate surface area is 141 Å². The Morgan fingerprint density at radius 1 is 1.35 bits per heavy atom. The van der Waals surface area contributed by atoms with E-state index >= 15 is 0 Å². The molecule has 0 saturated heterocycles. The lowest BCUT2D eigenvalue weighted by Crippen LogP contribution is -2.40. The Kier molecular flexibility index (Phi) is 4.53. The molecule has 4 nitrogen and oxygen atoms in total. The van der Waals surface area contributed by atoms with Crippen LogP contribution < -0.4 is 5.32 Å². The van der Waals surface area contributed by atoms with E-state index in [1.54, 1.807) is 18.1 Å². The van der Waals surface area contributed by atoms with Crippen molar-refractivity contribution in [2.75, 3.05) is 7.05 Å². The Bertz CT molecular complexity index is 692. The van der Waals surface area contributed by atoms with Gasteiger partial charge in [0.1, 0.15) is 0 Å². The topological polar surface area (TPSA) is 45.2 Å². The lowest BCUT2D eigenvalue weighted by molar-refractivity contribution is 0.193. The van der Waals surface area contributed by atoms with Crippen molar-refractivity contribution in [2.45, 2.75) is 31.3 Å². The summed E-state index contributed by atoms with van der Waals surface area (Å²) in [5, 5.41) is 3.82. The van der Waals surface area contributed by atoms with E-state index in [1.165, 1.54) is 5.56 Å². The van der Waals surface area contributed by atoms with Gasteiger partial charge in [-0.3, -0.25) is 4.98 Å². The van der Waals surface area contributed by atoms with Gasteiger partial charge >= 0.3 is 6.03 Å². The maximum Gasteiger partial charge on any atom is 0.317 e. The molecule has 2 amide bonds. The molecule has 3 atom stereocenters. The Balaban J connectivity index is 1.58. The van der Waals surface area contributed by atoms with Crippen molar-refractivity contribution in [3.05, 3.63) is 64.9 Å². The molecule has 0 spiro atoms. The van der Waals surface area contributed by atoms with E-state index in [2.05, 4.69) is 16.4 Å². The maximum atomic E-state index is 12.4. The van der Waals surface area contributed by atoms with Crippen molar-refractivity contribution >= 4 is 17.6 Å². The summed E-state index contributed by atoms with van der Waals surface area (Å²) in [7, 11) is 1.80. The van der Waals surface area contributed by atoms with Crippen LogP contribution >= 0.6 is 11.6 Å². The van der Waals surface area contributed by atoms with E-state index in [0.717, 1.165) is 17.1 Å². The second-order valence-electron chi connectivity index (χ2n) is 5.99. The molecule has 1 aromatic heterocycles. The molecule has 3 rings (SSSR count). The Morgan fingerprint density at radius 3 is 2.87 bits per heavy atom. The van der Waals surface area contributed by atoms with Crippen LogP contribution in [0, 0.1) is 0 Å². The van der Waals surface area contributed by atoms with E-state index in [0.29, 0.717) is 5.92 Å². The normalized spacial score (nSPS) is 20.7. The summed E-state index contributed by atoms with van der Waals surface area (Å²) in [6.07, 6.45) is 2.70. The van der Waals surface area contributed by atoms with Crippen LogP contribution in [0.2, 0.25) is 5.02 Å². The van der Waals surface area contributed by atoms with Gasteiger partial charge in [-0.25, -0.2) is 4.79 Å². The number of pyridine rings is 1. The molecule has 0 aliphatic heterocycles. The number of rotatable bonds is 4. The first-order valence-corrected chi connectivity index (χ1v) is 8.14. The van der Waals surface area contributed by atoms with Gasteiger partial charge < -0.3 is 10.2 Å². The Morgan fingerprint density at radius 2 is 2.17 bits per heavy atom. The van der Waals surface area contributed by atoms with Crippen LogP contribution in [-0.4, -0.2) is 29.0 Å². The second kappa shape index (κ2) is 6.59. The first kappa shape index (κ1) is 15.8. The number of urea groups is 1. The highest BCUT2D eigenvalue weighted by Gasteiger charge is 2.40. The second-order valence-corrected chi connectivity index (χ2v) is 6.43. The predicted octanol–water partition coefficient (Wildman–Crippen LogP) is 3.99. The molecule has 0 radical (unpaired) electrons. The summed E-state index contributed by atoms with van der Waals surface area (Å²) in [5.41, 5.74) is 2.07. The van der Waals surface area contributed by atoms with Crippen molar-refractivity contribution in [3.8, 4) is 0 Å². The number of halogens is 1. The van der Waals surface area contributed by atoms with Crippen LogP contribution in [0.25, 0.3) is 0 Å². The molecule has 3 unspecified atom stereocenters. The highest BCUT2D eigenvalue weighted by Crippen LogP contribution is 2.41. The van der Waals surface area contributed by atoms with Gasteiger partial charge in [-0.15, -0.1) is 0 Å². The summed E-state index contributed by atoms with van der Waals surface area (Å²) >= 11 is 6.03. The summed E-state index contributed by atoms with van der Waals surface area (Å²) in [6, 6.07) is 13.6. The Hall–Kier alpha value is -2.07.